The van der Waals surface area contributed by atoms with E-state index >= 15 is 0 Å². The third-order valence-corrected chi connectivity index (χ3v) is 14.0. The number of benzene rings is 10. The molecule has 1 aliphatic carbocycles. The lowest BCUT2D eigenvalue weighted by Crippen LogP contribution is -2.37. The first kappa shape index (κ1) is 36.7. The fraction of sp³-hybridized carbons (Fsp3) is 0.0492. The van der Waals surface area contributed by atoms with Gasteiger partial charge in [-0.2, -0.15) is 0 Å². The third-order valence-electron chi connectivity index (χ3n) is 14.0. The predicted molar refractivity (Wildman–Crippen MR) is 272 cm³/mol. The van der Waals surface area contributed by atoms with Crippen LogP contribution in [-0.4, -0.2) is 11.8 Å². The molecule has 2 heterocycles. The van der Waals surface area contributed by atoms with Gasteiger partial charge in [-0.1, -0.05) is 183 Å². The molecule has 10 aromatic carbocycles. The van der Waals surface area contributed by atoms with E-state index in [1.807, 2.05) is 0 Å². The molecule has 64 heavy (non-hydrogen) atoms. The zero-order valence-electron chi connectivity index (χ0n) is 35.7. The van der Waals surface area contributed by atoms with Crippen molar-refractivity contribution in [2.75, 3.05) is 5.32 Å². The Morgan fingerprint density at radius 3 is 1.80 bits per heavy atom. The number of fused-ring (bicyclic) bond motifs is 9. The highest BCUT2D eigenvalue weighted by Crippen LogP contribution is 2.52. The molecule has 2 aliphatic rings. The summed E-state index contributed by atoms with van der Waals surface area (Å²) in [4.78, 5) is 0. The van der Waals surface area contributed by atoms with Gasteiger partial charge in [0.2, 0.25) is 0 Å². The molecule has 299 valence electrons. The fourth-order valence-electron chi connectivity index (χ4n) is 10.9. The van der Waals surface area contributed by atoms with Crippen molar-refractivity contribution in [1.29, 1.82) is 0 Å². The van der Waals surface area contributed by atoms with Gasteiger partial charge in [-0.15, -0.1) is 0 Å². The van der Waals surface area contributed by atoms with Crippen molar-refractivity contribution in [2.24, 2.45) is 0 Å². The van der Waals surface area contributed by atoms with Gasteiger partial charge in [-0.25, -0.2) is 0 Å². The standard InChI is InChI=1S/C61H42BN2/c1-61(2)52-25-15-14-24-47(52)48-36-51(55(37-53(48)61)63-45-29-26-41(27-30-45)38-16-6-3-7-17-38)58-46-23-13-12-22-43(46)35-57-59(58)62-54-34-44(40-20-10-5-11-21-40)33-50-49-32-42(39-18-8-4-9-19-39)28-31-56(49)64(57)60(50)54/h3-37,63H,1-2H3. The average Bonchev–Trinajstić information content (AvgIpc) is 3.79. The maximum atomic E-state index is 4.01. The Morgan fingerprint density at radius 1 is 0.438 bits per heavy atom. The van der Waals surface area contributed by atoms with Crippen molar-refractivity contribution in [2.45, 2.75) is 19.3 Å². The Morgan fingerprint density at radius 2 is 1.05 bits per heavy atom. The van der Waals surface area contributed by atoms with E-state index in [4.69, 9.17) is 0 Å². The van der Waals surface area contributed by atoms with Gasteiger partial charge in [0.15, 0.2) is 7.28 Å². The first-order valence-electron chi connectivity index (χ1n) is 22.3. The first-order chi connectivity index (χ1) is 31.5. The van der Waals surface area contributed by atoms with Crippen LogP contribution in [0.1, 0.15) is 25.0 Å². The summed E-state index contributed by atoms with van der Waals surface area (Å²) in [7, 11) is 2.48. The van der Waals surface area contributed by atoms with Gasteiger partial charge >= 0.3 is 0 Å². The maximum Gasteiger partial charge on any atom is 0.197 e. The van der Waals surface area contributed by atoms with Crippen LogP contribution in [0.25, 0.3) is 93.9 Å². The molecule has 0 atom stereocenters. The second kappa shape index (κ2) is 14.1. The minimum absolute atomic E-state index is 0.163. The van der Waals surface area contributed by atoms with E-state index in [0.717, 1.165) is 11.4 Å². The molecule has 1 aromatic heterocycles. The fourth-order valence-corrected chi connectivity index (χ4v) is 10.9. The number of rotatable bonds is 6. The molecule has 0 saturated carbocycles. The van der Waals surface area contributed by atoms with Crippen LogP contribution < -0.4 is 16.2 Å². The molecule has 2 nitrogen and oxygen atoms in total. The number of anilines is 2. The van der Waals surface area contributed by atoms with Crippen molar-refractivity contribution in [1.82, 2.24) is 4.57 Å². The lowest BCUT2D eigenvalue weighted by molar-refractivity contribution is 0.660. The summed E-state index contributed by atoms with van der Waals surface area (Å²) >= 11 is 0. The summed E-state index contributed by atoms with van der Waals surface area (Å²) in [5, 5.41) is 8.97. The van der Waals surface area contributed by atoms with E-state index in [2.05, 4.69) is 243 Å². The van der Waals surface area contributed by atoms with Crippen LogP contribution in [0.5, 0.6) is 0 Å². The van der Waals surface area contributed by atoms with Crippen LogP contribution in [0.3, 0.4) is 0 Å². The lowest BCUT2D eigenvalue weighted by Gasteiger charge is -2.28. The summed E-state index contributed by atoms with van der Waals surface area (Å²) in [6.07, 6.45) is 0. The summed E-state index contributed by atoms with van der Waals surface area (Å²) < 4.78 is 2.55. The molecule has 0 saturated heterocycles. The molecular formula is C61H42BN2. The van der Waals surface area contributed by atoms with Crippen LogP contribution in [0.4, 0.5) is 11.4 Å². The molecule has 1 aliphatic heterocycles. The summed E-state index contributed by atoms with van der Waals surface area (Å²) in [6, 6.07) is 78.3. The number of nitrogens with zero attached hydrogens (tertiary/aromatic N) is 1. The van der Waals surface area contributed by atoms with E-state index in [1.165, 1.54) is 116 Å². The number of nitrogens with one attached hydrogen (secondary N) is 1. The Labute approximate surface area is 374 Å². The highest BCUT2D eigenvalue weighted by atomic mass is 15.0. The van der Waals surface area contributed by atoms with E-state index in [0.29, 0.717) is 0 Å². The van der Waals surface area contributed by atoms with Gasteiger partial charge in [-0.05, 0) is 126 Å². The molecule has 3 heteroatoms. The highest BCUT2D eigenvalue weighted by Gasteiger charge is 2.37. The van der Waals surface area contributed by atoms with Gasteiger partial charge < -0.3 is 9.88 Å². The normalized spacial score (nSPS) is 13.1. The Kier molecular flexibility index (Phi) is 8.08. The van der Waals surface area contributed by atoms with Crippen molar-refractivity contribution in [3.05, 3.63) is 223 Å². The zero-order valence-corrected chi connectivity index (χ0v) is 35.7. The minimum atomic E-state index is -0.163. The molecule has 13 rings (SSSR count). The molecule has 0 spiro atoms. The Balaban J connectivity index is 1.09. The van der Waals surface area contributed by atoms with Crippen LogP contribution in [0.2, 0.25) is 0 Å². The molecule has 0 amide bonds. The van der Waals surface area contributed by atoms with Gasteiger partial charge in [0.25, 0.3) is 0 Å². The van der Waals surface area contributed by atoms with Gasteiger partial charge in [0, 0.05) is 44.3 Å². The lowest BCUT2D eigenvalue weighted by atomic mass is 9.58. The largest absolute Gasteiger partial charge is 0.355 e. The molecule has 0 unspecified atom stereocenters. The number of aromatic nitrogens is 1. The summed E-state index contributed by atoms with van der Waals surface area (Å²) in [5.41, 5.74) is 23.1. The first-order valence-corrected chi connectivity index (χ1v) is 22.3. The van der Waals surface area contributed by atoms with Crippen molar-refractivity contribution in [3.8, 4) is 61.3 Å². The minimum Gasteiger partial charge on any atom is -0.355 e. The van der Waals surface area contributed by atoms with Gasteiger partial charge in [-0.3, -0.25) is 0 Å². The Hall–Kier alpha value is -7.88. The quantitative estimate of drug-likeness (QED) is 0.166. The van der Waals surface area contributed by atoms with Crippen LogP contribution in [0, 0.1) is 0 Å². The molecule has 0 bridgehead atoms. The molecule has 11 aromatic rings. The van der Waals surface area contributed by atoms with E-state index in [-0.39, 0.29) is 5.41 Å². The van der Waals surface area contributed by atoms with Crippen LogP contribution in [-0.2, 0) is 5.41 Å². The number of hydrogen-bond acceptors (Lipinski definition) is 1. The van der Waals surface area contributed by atoms with Gasteiger partial charge in [0.05, 0.1) is 5.52 Å². The second-order valence-corrected chi connectivity index (χ2v) is 18.0. The zero-order chi connectivity index (χ0) is 42.5. The summed E-state index contributed by atoms with van der Waals surface area (Å²) in [6.45, 7) is 4.74. The number of hydrogen-bond donors (Lipinski definition) is 1. The van der Waals surface area contributed by atoms with Gasteiger partial charge in [0.1, 0.15) is 0 Å². The molecule has 1 N–H and O–H groups in total. The molecular weight excluding hydrogens is 771 g/mol. The van der Waals surface area contributed by atoms with Crippen LogP contribution in [0.15, 0.2) is 212 Å². The van der Waals surface area contributed by atoms with E-state index < -0.39 is 0 Å². The predicted octanol–water partition coefficient (Wildman–Crippen LogP) is 14.6. The van der Waals surface area contributed by atoms with Crippen LogP contribution >= 0.6 is 0 Å². The third kappa shape index (κ3) is 5.60. The summed E-state index contributed by atoms with van der Waals surface area (Å²) in [5.74, 6) is 0. The van der Waals surface area contributed by atoms with E-state index in [1.54, 1.807) is 0 Å². The smallest absolute Gasteiger partial charge is 0.197 e. The van der Waals surface area contributed by atoms with Crippen molar-refractivity contribution >= 4 is 62.2 Å². The Bertz CT molecular complexity index is 3660. The van der Waals surface area contributed by atoms with E-state index in [9.17, 15) is 0 Å². The molecule has 0 fully saturated rings. The highest BCUT2D eigenvalue weighted by molar-refractivity contribution is 6.74. The SMILES string of the molecule is CC1(C)c2ccccc2-c2cc(-c3c4c(cc5ccccc35)-n3c5ccc(-c6ccccc6)cc5c5cc(-c6ccccc6)cc(c53)[B]4)c(Nc3ccc(-c4ccccc4)cc3)cc21. The van der Waals surface area contributed by atoms with Crippen molar-refractivity contribution in [3.63, 3.8) is 0 Å². The maximum absolute atomic E-state index is 4.01. The molecule has 1 radical (unpaired) electrons. The van der Waals surface area contributed by atoms with Crippen molar-refractivity contribution < 1.29 is 0 Å². The second-order valence-electron chi connectivity index (χ2n) is 18.0. The topological polar surface area (TPSA) is 17.0 Å². The monoisotopic (exact) mass is 813 g/mol. The average molecular weight is 814 g/mol.